The number of carbonyl (C=O) groups excluding carboxylic acids is 1. The maximum absolute atomic E-state index is 13.5. The number of anilines is 1. The molecule has 4 heterocycles. The molecule has 1 saturated carbocycles. The molecule has 2 fully saturated rings. The maximum Gasteiger partial charge on any atom is 0.235 e. The molecule has 2 unspecified atom stereocenters. The largest absolute Gasteiger partial charge is 0.454 e. The van der Waals surface area contributed by atoms with Crippen molar-refractivity contribution in [2.45, 2.75) is 76.5 Å². The average Bonchev–Trinajstić information content (AvgIpc) is 3.56. The lowest BCUT2D eigenvalue weighted by molar-refractivity contribution is -0.118. The Morgan fingerprint density at radius 2 is 1.95 bits per heavy atom. The van der Waals surface area contributed by atoms with Gasteiger partial charge < -0.3 is 24.3 Å². The molecule has 0 radical (unpaired) electrons. The molecule has 2 atom stereocenters. The molecule has 8 heteroatoms. The first-order valence-electron chi connectivity index (χ1n) is 13.2. The number of benzene rings is 2. The Balaban J connectivity index is 1.14. The van der Waals surface area contributed by atoms with Gasteiger partial charge in [-0.3, -0.25) is 10.2 Å². The van der Waals surface area contributed by atoms with Crippen molar-refractivity contribution in [2.75, 3.05) is 12.1 Å². The maximum atomic E-state index is 13.5. The summed E-state index contributed by atoms with van der Waals surface area (Å²) in [5, 5.41) is 8.87. The standard InChI is InChI=1S/C29H33N5O3/c1-17-26-32-31-25(34(17)26)9-12-33-21-7-6-20(13-18(21)14-24(33)28(2,3)4)30-27(35)29(10-11-29)19-5-8-22-23(15-19)37-16-36-22/h5-8,13-15,17,26,32H,9-12,16H2,1-4H3,(H,30,35). The molecule has 4 aliphatic rings. The molecule has 3 aromatic rings. The van der Waals surface area contributed by atoms with Crippen molar-refractivity contribution < 1.29 is 14.3 Å². The highest BCUT2D eigenvalue weighted by molar-refractivity contribution is 6.02. The molecule has 192 valence electrons. The lowest BCUT2D eigenvalue weighted by atomic mass is 9.92. The minimum Gasteiger partial charge on any atom is -0.454 e. The fourth-order valence-electron chi connectivity index (χ4n) is 5.94. The van der Waals surface area contributed by atoms with E-state index in [4.69, 9.17) is 9.47 Å². The van der Waals surface area contributed by atoms with Crippen LogP contribution in [0.15, 0.2) is 47.6 Å². The smallest absolute Gasteiger partial charge is 0.235 e. The SMILES string of the molecule is CC1C2NN=C(CCn3c(C(C)(C)C)cc4cc(NC(=O)C5(c6ccc7c(c6)OCO7)CC5)ccc43)N12. The Hall–Kier alpha value is -3.68. The zero-order valence-corrected chi connectivity index (χ0v) is 21.8. The van der Waals surface area contributed by atoms with E-state index in [0.29, 0.717) is 12.2 Å². The third kappa shape index (κ3) is 3.56. The summed E-state index contributed by atoms with van der Waals surface area (Å²) in [6.07, 6.45) is 2.94. The van der Waals surface area contributed by atoms with Gasteiger partial charge in [-0.25, -0.2) is 0 Å². The van der Waals surface area contributed by atoms with Crippen LogP contribution in [0.3, 0.4) is 0 Å². The summed E-state index contributed by atoms with van der Waals surface area (Å²) in [4.78, 5) is 15.8. The van der Waals surface area contributed by atoms with Gasteiger partial charge in [-0.1, -0.05) is 26.8 Å². The minimum atomic E-state index is -0.498. The van der Waals surface area contributed by atoms with Gasteiger partial charge in [0.15, 0.2) is 11.5 Å². The number of aryl methyl sites for hydroxylation is 1. The molecule has 7 rings (SSSR count). The Bertz CT molecular complexity index is 1460. The van der Waals surface area contributed by atoms with Gasteiger partial charge in [0.1, 0.15) is 12.0 Å². The van der Waals surface area contributed by atoms with Gasteiger partial charge in [-0.2, -0.15) is 5.10 Å². The molecule has 1 amide bonds. The summed E-state index contributed by atoms with van der Waals surface area (Å²) in [5.41, 5.74) is 7.00. The van der Waals surface area contributed by atoms with E-state index in [2.05, 4.69) is 71.2 Å². The Morgan fingerprint density at radius 3 is 2.68 bits per heavy atom. The Morgan fingerprint density at radius 1 is 1.14 bits per heavy atom. The van der Waals surface area contributed by atoms with E-state index < -0.39 is 5.41 Å². The molecule has 3 aliphatic heterocycles. The number of amidine groups is 1. The van der Waals surface area contributed by atoms with Crippen LogP contribution in [0.1, 0.15) is 58.2 Å². The van der Waals surface area contributed by atoms with Crippen LogP contribution < -0.4 is 20.2 Å². The van der Waals surface area contributed by atoms with Crippen LogP contribution >= 0.6 is 0 Å². The van der Waals surface area contributed by atoms with Gasteiger partial charge in [0, 0.05) is 40.7 Å². The van der Waals surface area contributed by atoms with Crippen molar-refractivity contribution in [3.05, 3.63) is 53.7 Å². The molecular formula is C29H33N5O3. The number of amides is 1. The second-order valence-corrected chi connectivity index (χ2v) is 11.8. The third-order valence-corrected chi connectivity index (χ3v) is 8.33. The number of aromatic nitrogens is 1. The van der Waals surface area contributed by atoms with E-state index in [1.165, 1.54) is 11.2 Å². The van der Waals surface area contributed by atoms with Crippen LogP contribution in [0.4, 0.5) is 5.69 Å². The van der Waals surface area contributed by atoms with Crippen molar-refractivity contribution in [3.8, 4) is 11.5 Å². The molecule has 1 aromatic heterocycles. The summed E-state index contributed by atoms with van der Waals surface area (Å²) >= 11 is 0. The van der Waals surface area contributed by atoms with Gasteiger partial charge in [0.05, 0.1) is 11.5 Å². The van der Waals surface area contributed by atoms with Crippen LogP contribution in [0.2, 0.25) is 0 Å². The molecule has 1 saturated heterocycles. The number of carbonyl (C=O) groups is 1. The molecule has 37 heavy (non-hydrogen) atoms. The first kappa shape index (κ1) is 22.5. The summed E-state index contributed by atoms with van der Waals surface area (Å²) < 4.78 is 13.4. The van der Waals surface area contributed by atoms with E-state index in [0.717, 1.165) is 59.8 Å². The highest BCUT2D eigenvalue weighted by Gasteiger charge is 2.52. The minimum absolute atomic E-state index is 0.00865. The zero-order chi connectivity index (χ0) is 25.5. The number of hydrogen-bond acceptors (Lipinski definition) is 6. The van der Waals surface area contributed by atoms with Crippen molar-refractivity contribution in [1.82, 2.24) is 14.9 Å². The summed E-state index contributed by atoms with van der Waals surface area (Å²) in [7, 11) is 0. The van der Waals surface area contributed by atoms with E-state index in [1.807, 2.05) is 24.3 Å². The topological polar surface area (TPSA) is 79.9 Å². The van der Waals surface area contributed by atoms with E-state index in [9.17, 15) is 4.79 Å². The normalized spacial score (nSPS) is 22.5. The van der Waals surface area contributed by atoms with Crippen LogP contribution in [-0.4, -0.2) is 40.2 Å². The number of hydrazone groups is 1. The number of fused-ring (bicyclic) bond motifs is 3. The highest BCUT2D eigenvalue weighted by atomic mass is 16.7. The highest BCUT2D eigenvalue weighted by Crippen LogP contribution is 2.51. The first-order valence-corrected chi connectivity index (χ1v) is 13.2. The second-order valence-electron chi connectivity index (χ2n) is 11.8. The number of nitrogens with one attached hydrogen (secondary N) is 2. The third-order valence-electron chi connectivity index (χ3n) is 8.33. The Kier molecular flexibility index (Phi) is 4.66. The van der Waals surface area contributed by atoms with Crippen molar-refractivity contribution in [1.29, 1.82) is 0 Å². The average molecular weight is 500 g/mol. The van der Waals surface area contributed by atoms with Crippen molar-refractivity contribution in [2.24, 2.45) is 5.10 Å². The number of hydrogen-bond donors (Lipinski definition) is 2. The van der Waals surface area contributed by atoms with Crippen molar-refractivity contribution >= 4 is 28.3 Å². The van der Waals surface area contributed by atoms with Gasteiger partial charge >= 0.3 is 0 Å². The zero-order valence-electron chi connectivity index (χ0n) is 21.8. The van der Waals surface area contributed by atoms with Gasteiger partial charge in [-0.15, -0.1) is 0 Å². The fourth-order valence-corrected chi connectivity index (χ4v) is 5.94. The molecule has 8 nitrogen and oxygen atoms in total. The van der Waals surface area contributed by atoms with Crippen molar-refractivity contribution in [3.63, 3.8) is 0 Å². The Labute approximate surface area is 216 Å². The van der Waals surface area contributed by atoms with Crippen LogP contribution in [0.25, 0.3) is 10.9 Å². The quantitative estimate of drug-likeness (QED) is 0.482. The van der Waals surface area contributed by atoms with Gasteiger partial charge in [0.25, 0.3) is 0 Å². The van der Waals surface area contributed by atoms with Crippen LogP contribution in [0.5, 0.6) is 11.5 Å². The summed E-state index contributed by atoms with van der Waals surface area (Å²) in [6.45, 7) is 10.1. The molecule has 2 N–H and O–H groups in total. The molecule has 0 spiro atoms. The lowest BCUT2D eigenvalue weighted by Gasteiger charge is -2.22. The molecule has 0 bridgehead atoms. The van der Waals surface area contributed by atoms with Crippen LogP contribution in [0, 0.1) is 0 Å². The first-order chi connectivity index (χ1) is 17.7. The number of ether oxygens (including phenoxy) is 2. The van der Waals surface area contributed by atoms with Gasteiger partial charge in [-0.05, 0) is 61.7 Å². The van der Waals surface area contributed by atoms with E-state index in [1.54, 1.807) is 0 Å². The number of rotatable bonds is 6. The predicted molar refractivity (Wildman–Crippen MR) is 143 cm³/mol. The van der Waals surface area contributed by atoms with Gasteiger partial charge in [0.2, 0.25) is 12.7 Å². The second kappa shape index (κ2) is 7.66. The van der Waals surface area contributed by atoms with Crippen LogP contribution in [-0.2, 0) is 22.2 Å². The summed E-state index contributed by atoms with van der Waals surface area (Å²) in [6, 6.07) is 14.9. The summed E-state index contributed by atoms with van der Waals surface area (Å²) in [5.74, 6) is 2.64. The van der Waals surface area contributed by atoms with E-state index in [-0.39, 0.29) is 18.1 Å². The number of nitrogens with zero attached hydrogens (tertiary/aromatic N) is 3. The monoisotopic (exact) mass is 499 g/mol. The molecule has 1 aliphatic carbocycles. The molecular weight excluding hydrogens is 466 g/mol. The predicted octanol–water partition coefficient (Wildman–Crippen LogP) is 4.67. The van der Waals surface area contributed by atoms with E-state index >= 15 is 0 Å². The lowest BCUT2D eigenvalue weighted by Crippen LogP contribution is -2.27. The molecule has 2 aromatic carbocycles. The fraction of sp³-hybridized carbons (Fsp3) is 0.448.